The van der Waals surface area contributed by atoms with Crippen molar-refractivity contribution in [2.45, 2.75) is 19.4 Å². The minimum absolute atomic E-state index is 0.795. The predicted octanol–water partition coefficient (Wildman–Crippen LogP) is 2.50. The maximum absolute atomic E-state index is 5.32. The fraction of sp³-hybridized carbons (Fsp3) is 0.500. The van der Waals surface area contributed by atoms with Gasteiger partial charge in [-0.25, -0.2) is 0 Å². The van der Waals surface area contributed by atoms with Crippen LogP contribution in [-0.4, -0.2) is 32.2 Å². The molecule has 1 aromatic carbocycles. The van der Waals surface area contributed by atoms with Gasteiger partial charge in [0.2, 0.25) is 0 Å². The van der Waals surface area contributed by atoms with Gasteiger partial charge in [0.15, 0.2) is 11.5 Å². The van der Waals surface area contributed by atoms with E-state index in [0.29, 0.717) is 0 Å². The number of rotatable bonds is 4. The third-order valence-corrected chi connectivity index (χ3v) is 3.15. The molecule has 0 unspecified atom stereocenters. The van der Waals surface area contributed by atoms with Gasteiger partial charge in [-0.3, -0.25) is 4.90 Å². The van der Waals surface area contributed by atoms with E-state index >= 15 is 0 Å². The van der Waals surface area contributed by atoms with Gasteiger partial charge in [-0.15, -0.1) is 0 Å². The van der Waals surface area contributed by atoms with Gasteiger partial charge in [0, 0.05) is 6.54 Å². The largest absolute Gasteiger partial charge is 0.493 e. The van der Waals surface area contributed by atoms with Crippen molar-refractivity contribution in [3.05, 3.63) is 30.2 Å². The van der Waals surface area contributed by atoms with E-state index in [1.165, 1.54) is 18.4 Å². The van der Waals surface area contributed by atoms with Crippen LogP contribution in [0.2, 0.25) is 0 Å². The first kappa shape index (κ1) is 12.2. The number of benzene rings is 1. The maximum atomic E-state index is 5.32. The molecule has 0 aliphatic carbocycles. The second-order valence-electron chi connectivity index (χ2n) is 4.33. The summed E-state index contributed by atoms with van der Waals surface area (Å²) in [5, 5.41) is 0. The minimum Gasteiger partial charge on any atom is -0.493 e. The molecule has 93 valence electrons. The van der Waals surface area contributed by atoms with Gasteiger partial charge in [-0.1, -0.05) is 6.07 Å². The molecule has 1 aromatic rings. The van der Waals surface area contributed by atoms with Gasteiger partial charge in [0.1, 0.15) is 0 Å². The summed E-state index contributed by atoms with van der Waals surface area (Å²) in [5.41, 5.74) is 1.28. The van der Waals surface area contributed by atoms with Crippen molar-refractivity contribution in [1.82, 2.24) is 4.90 Å². The Hall–Kier alpha value is -1.22. The fourth-order valence-electron chi connectivity index (χ4n) is 2.20. The number of hydrogen-bond donors (Lipinski definition) is 0. The lowest BCUT2D eigenvalue weighted by Crippen LogP contribution is -2.29. The van der Waals surface area contributed by atoms with Crippen molar-refractivity contribution < 1.29 is 9.47 Å². The van der Waals surface area contributed by atoms with Crippen LogP contribution in [-0.2, 0) is 6.54 Å². The highest BCUT2D eigenvalue weighted by Gasteiger charge is 2.12. The summed E-state index contributed by atoms with van der Waals surface area (Å²) in [7, 11) is 3.34. The van der Waals surface area contributed by atoms with E-state index in [-0.39, 0.29) is 0 Å². The van der Waals surface area contributed by atoms with E-state index in [2.05, 4.69) is 23.5 Å². The van der Waals surface area contributed by atoms with Crippen LogP contribution in [0.15, 0.2) is 18.2 Å². The molecule has 0 amide bonds. The molecule has 0 atom stereocenters. The zero-order valence-electron chi connectivity index (χ0n) is 10.6. The second-order valence-corrected chi connectivity index (χ2v) is 4.33. The highest BCUT2D eigenvalue weighted by molar-refractivity contribution is 5.42. The Morgan fingerprint density at radius 3 is 2.41 bits per heavy atom. The number of methoxy groups -OCH3 is 2. The van der Waals surface area contributed by atoms with Gasteiger partial charge in [0.05, 0.1) is 14.2 Å². The van der Waals surface area contributed by atoms with Gasteiger partial charge in [-0.2, -0.15) is 0 Å². The summed E-state index contributed by atoms with van der Waals surface area (Å²) in [6.07, 6.45) is 4.77. The molecule has 1 fully saturated rings. The number of ether oxygens (including phenoxy) is 2. The molecule has 0 bridgehead atoms. The van der Waals surface area contributed by atoms with Crippen molar-refractivity contribution in [2.24, 2.45) is 0 Å². The first-order valence-electron chi connectivity index (χ1n) is 6.08. The van der Waals surface area contributed by atoms with Crippen LogP contribution in [0.25, 0.3) is 0 Å². The molecule has 0 aromatic heterocycles. The lowest BCUT2D eigenvalue weighted by atomic mass is 10.1. The smallest absolute Gasteiger partial charge is 0.161 e. The molecule has 1 heterocycles. The quantitative estimate of drug-likeness (QED) is 0.799. The minimum atomic E-state index is 0.795. The van der Waals surface area contributed by atoms with E-state index in [9.17, 15) is 0 Å². The van der Waals surface area contributed by atoms with Gasteiger partial charge < -0.3 is 9.47 Å². The highest BCUT2D eigenvalue weighted by Crippen LogP contribution is 2.28. The molecular weight excluding hydrogens is 214 g/mol. The molecule has 3 heteroatoms. The third kappa shape index (κ3) is 3.13. The molecule has 0 spiro atoms. The topological polar surface area (TPSA) is 21.7 Å². The van der Waals surface area contributed by atoms with Crippen LogP contribution >= 0.6 is 0 Å². The van der Waals surface area contributed by atoms with Crippen LogP contribution in [0.1, 0.15) is 18.4 Å². The van der Waals surface area contributed by atoms with Crippen LogP contribution < -0.4 is 9.47 Å². The highest BCUT2D eigenvalue weighted by atomic mass is 16.5. The summed E-state index contributed by atoms with van der Waals surface area (Å²) in [6, 6.07) is 6.15. The Bertz CT molecular complexity index is 359. The van der Waals surface area contributed by atoms with Crippen molar-refractivity contribution in [1.29, 1.82) is 0 Å². The fourth-order valence-corrected chi connectivity index (χ4v) is 2.20. The van der Waals surface area contributed by atoms with Crippen molar-refractivity contribution in [3.8, 4) is 11.5 Å². The molecular formula is C14H20NO2. The summed E-state index contributed by atoms with van der Waals surface area (Å²) >= 11 is 0. The zero-order chi connectivity index (χ0) is 12.1. The predicted molar refractivity (Wildman–Crippen MR) is 68.4 cm³/mol. The van der Waals surface area contributed by atoms with Crippen LogP contribution in [0.5, 0.6) is 11.5 Å². The van der Waals surface area contributed by atoms with Crippen molar-refractivity contribution >= 4 is 0 Å². The summed E-state index contributed by atoms with van der Waals surface area (Å²) in [4.78, 5) is 2.47. The van der Waals surface area contributed by atoms with E-state index in [0.717, 1.165) is 31.1 Å². The first-order valence-corrected chi connectivity index (χ1v) is 6.08. The van der Waals surface area contributed by atoms with Gasteiger partial charge in [0.25, 0.3) is 0 Å². The van der Waals surface area contributed by atoms with Crippen molar-refractivity contribution in [2.75, 3.05) is 27.3 Å². The summed E-state index contributed by atoms with van der Waals surface area (Å²) in [6.45, 7) is 3.32. The molecule has 1 saturated heterocycles. The molecule has 0 saturated carbocycles. The van der Waals surface area contributed by atoms with E-state index in [4.69, 9.17) is 9.47 Å². The molecule has 2 rings (SSSR count). The lowest BCUT2D eigenvalue weighted by Gasteiger charge is -2.26. The Labute approximate surface area is 103 Å². The number of nitrogens with zero attached hydrogens (tertiary/aromatic N) is 1. The maximum Gasteiger partial charge on any atom is 0.161 e. The van der Waals surface area contributed by atoms with E-state index in [1.807, 2.05) is 6.07 Å². The lowest BCUT2D eigenvalue weighted by molar-refractivity contribution is 0.245. The molecule has 0 N–H and O–H groups in total. The first-order chi connectivity index (χ1) is 8.33. The summed E-state index contributed by atoms with van der Waals surface area (Å²) in [5.74, 6) is 1.61. The average molecular weight is 234 g/mol. The Morgan fingerprint density at radius 2 is 1.76 bits per heavy atom. The Morgan fingerprint density at radius 1 is 1.06 bits per heavy atom. The monoisotopic (exact) mass is 234 g/mol. The standard InChI is InChI=1S/C14H20NO2/c1-16-13-7-6-12(10-14(13)17-2)11-15-8-4-3-5-9-15/h3,6-7,10H,4-5,8-9,11H2,1-2H3. The zero-order valence-corrected chi connectivity index (χ0v) is 10.6. The third-order valence-electron chi connectivity index (χ3n) is 3.15. The van der Waals surface area contributed by atoms with E-state index < -0.39 is 0 Å². The SMILES string of the molecule is COc1ccc(CN2CC[CH]CC2)cc1OC. The second kappa shape index (κ2) is 5.92. The molecule has 1 aliphatic heterocycles. The molecule has 3 nitrogen and oxygen atoms in total. The van der Waals surface area contributed by atoms with E-state index in [1.54, 1.807) is 14.2 Å². The van der Waals surface area contributed by atoms with Gasteiger partial charge >= 0.3 is 0 Å². The number of likely N-dealkylation sites (tertiary alicyclic amines) is 1. The van der Waals surface area contributed by atoms with Crippen LogP contribution in [0.4, 0.5) is 0 Å². The average Bonchev–Trinajstić information content (AvgIpc) is 2.40. The van der Waals surface area contributed by atoms with Crippen LogP contribution in [0, 0.1) is 6.42 Å². The normalized spacial score (nSPS) is 16.8. The van der Waals surface area contributed by atoms with Crippen molar-refractivity contribution in [3.63, 3.8) is 0 Å². The number of piperidine rings is 1. The Kier molecular flexibility index (Phi) is 4.26. The molecule has 1 aliphatic rings. The summed E-state index contributed by atoms with van der Waals surface area (Å²) < 4.78 is 10.6. The molecule has 1 radical (unpaired) electrons. The van der Waals surface area contributed by atoms with Gasteiger partial charge in [-0.05, 0) is 50.0 Å². The molecule has 17 heavy (non-hydrogen) atoms. The Balaban J connectivity index is 2.05. The number of hydrogen-bond acceptors (Lipinski definition) is 3. The van der Waals surface area contributed by atoms with Crippen LogP contribution in [0.3, 0.4) is 0 Å².